The molecule has 0 amide bonds. The molecule has 0 aliphatic rings. The van der Waals surface area contributed by atoms with Gasteiger partial charge < -0.3 is 10.3 Å². The molecule has 102 valence electrons. The number of hydrogen-bond acceptors (Lipinski definition) is 5. The van der Waals surface area contributed by atoms with Crippen LogP contribution in [-0.4, -0.2) is 37.0 Å². The van der Waals surface area contributed by atoms with Gasteiger partial charge in [0, 0.05) is 38.6 Å². The fourth-order valence-electron chi connectivity index (χ4n) is 1.61. The van der Waals surface area contributed by atoms with Crippen LogP contribution in [0.15, 0.2) is 35.6 Å². The first kappa shape index (κ1) is 13.5. The number of rotatable bonds is 6. The molecular formula is C11H15N5O2S. The van der Waals surface area contributed by atoms with E-state index in [1.54, 1.807) is 25.5 Å². The Morgan fingerprint density at radius 3 is 2.84 bits per heavy atom. The molecule has 0 radical (unpaired) electrons. The Balaban J connectivity index is 2.05. The van der Waals surface area contributed by atoms with Gasteiger partial charge in [-0.15, -0.1) is 0 Å². The fraction of sp³-hybridized carbons (Fsp3) is 0.273. The van der Waals surface area contributed by atoms with Crippen molar-refractivity contribution in [2.45, 2.75) is 11.3 Å². The Morgan fingerprint density at radius 1 is 1.32 bits per heavy atom. The molecule has 0 saturated carbocycles. The third kappa shape index (κ3) is 3.30. The number of sulfonamides is 1. The number of anilines is 1. The summed E-state index contributed by atoms with van der Waals surface area (Å²) in [5.41, 5.74) is 0. The number of nitrogens with one attached hydrogen (secondary N) is 3. The van der Waals surface area contributed by atoms with Crippen LogP contribution < -0.4 is 10.0 Å². The molecule has 3 N–H and O–H groups in total. The van der Waals surface area contributed by atoms with Crippen molar-refractivity contribution in [1.29, 1.82) is 0 Å². The van der Waals surface area contributed by atoms with E-state index in [2.05, 4.69) is 25.0 Å². The second-order valence-corrected chi connectivity index (χ2v) is 5.52. The lowest BCUT2D eigenvalue weighted by atomic mass is 10.4. The molecule has 0 unspecified atom stereocenters. The van der Waals surface area contributed by atoms with Gasteiger partial charge in [0.2, 0.25) is 10.0 Å². The third-order valence-corrected chi connectivity index (χ3v) is 4.00. The van der Waals surface area contributed by atoms with Crippen LogP contribution in [0, 0.1) is 0 Å². The Labute approximate surface area is 111 Å². The molecule has 8 heteroatoms. The van der Waals surface area contributed by atoms with E-state index in [9.17, 15) is 8.42 Å². The maximum atomic E-state index is 12.1. The third-order valence-electron chi connectivity index (χ3n) is 2.51. The summed E-state index contributed by atoms with van der Waals surface area (Å²) in [4.78, 5) is 11.1. The van der Waals surface area contributed by atoms with E-state index < -0.39 is 10.0 Å². The van der Waals surface area contributed by atoms with Crippen LogP contribution >= 0.6 is 0 Å². The van der Waals surface area contributed by atoms with Gasteiger partial charge in [-0.25, -0.2) is 23.1 Å². The molecule has 2 rings (SSSR count). The molecule has 0 bridgehead atoms. The number of pyridine rings is 1. The summed E-state index contributed by atoms with van der Waals surface area (Å²) in [7, 11) is -1.94. The van der Waals surface area contributed by atoms with E-state index in [1.165, 1.54) is 12.3 Å². The van der Waals surface area contributed by atoms with Crippen molar-refractivity contribution in [3.05, 3.63) is 36.5 Å². The van der Waals surface area contributed by atoms with E-state index in [-0.39, 0.29) is 11.4 Å². The van der Waals surface area contributed by atoms with Gasteiger partial charge in [-0.05, 0) is 12.1 Å². The first-order chi connectivity index (χ1) is 9.13. The lowest BCUT2D eigenvalue weighted by molar-refractivity contribution is 0.581. The number of imidazole rings is 1. The smallest absolute Gasteiger partial charge is 0.244 e. The van der Waals surface area contributed by atoms with Crippen LogP contribution in [0.1, 0.15) is 5.82 Å². The van der Waals surface area contributed by atoms with Gasteiger partial charge in [0.15, 0.2) is 0 Å². The average Bonchev–Trinajstić information content (AvgIpc) is 2.91. The van der Waals surface area contributed by atoms with E-state index in [0.29, 0.717) is 12.2 Å². The predicted molar refractivity (Wildman–Crippen MR) is 71.3 cm³/mol. The molecule has 0 saturated heterocycles. The first-order valence-corrected chi connectivity index (χ1v) is 7.22. The molecular weight excluding hydrogens is 266 g/mol. The summed E-state index contributed by atoms with van der Waals surface area (Å²) < 4.78 is 26.8. The standard InChI is InChI=1S/C11H15N5O2S/c1-12-11-9(3-2-5-15-11)19(17,18)16-6-4-10-13-7-8-14-10/h2-3,5,7-8,16H,4,6H2,1H3,(H,12,15)(H,13,14). The Hall–Kier alpha value is -1.93. The summed E-state index contributed by atoms with van der Waals surface area (Å²) in [5, 5.41) is 2.76. The van der Waals surface area contributed by atoms with Crippen LogP contribution in [0.4, 0.5) is 5.82 Å². The molecule has 0 fully saturated rings. The average molecular weight is 281 g/mol. The molecule has 2 aromatic heterocycles. The Kier molecular flexibility index (Phi) is 4.13. The summed E-state index contributed by atoms with van der Waals surface area (Å²) in [6.45, 7) is 0.272. The van der Waals surface area contributed by atoms with Gasteiger partial charge in [-0.3, -0.25) is 0 Å². The van der Waals surface area contributed by atoms with Crippen molar-refractivity contribution in [1.82, 2.24) is 19.7 Å². The van der Waals surface area contributed by atoms with Gasteiger partial charge in [-0.2, -0.15) is 0 Å². The van der Waals surface area contributed by atoms with Crippen molar-refractivity contribution >= 4 is 15.8 Å². The molecule has 0 atom stereocenters. The van der Waals surface area contributed by atoms with Gasteiger partial charge in [0.1, 0.15) is 16.5 Å². The van der Waals surface area contributed by atoms with Crippen LogP contribution in [-0.2, 0) is 16.4 Å². The molecule has 0 aromatic carbocycles. The fourth-order valence-corrected chi connectivity index (χ4v) is 2.80. The molecule has 19 heavy (non-hydrogen) atoms. The van der Waals surface area contributed by atoms with Crippen LogP contribution in [0.3, 0.4) is 0 Å². The number of aromatic nitrogens is 3. The molecule has 0 spiro atoms. The van der Waals surface area contributed by atoms with Crippen molar-refractivity contribution < 1.29 is 8.42 Å². The van der Waals surface area contributed by atoms with Crippen molar-refractivity contribution in [2.75, 3.05) is 18.9 Å². The highest BCUT2D eigenvalue weighted by molar-refractivity contribution is 7.89. The van der Waals surface area contributed by atoms with Crippen molar-refractivity contribution in [3.63, 3.8) is 0 Å². The van der Waals surface area contributed by atoms with Gasteiger partial charge in [0.05, 0.1) is 0 Å². The maximum Gasteiger partial charge on any atom is 0.244 e. The minimum absolute atomic E-state index is 0.136. The minimum atomic E-state index is -3.57. The zero-order valence-electron chi connectivity index (χ0n) is 10.4. The van der Waals surface area contributed by atoms with Gasteiger partial charge in [0.25, 0.3) is 0 Å². The number of H-pyrrole nitrogens is 1. The number of aromatic amines is 1. The van der Waals surface area contributed by atoms with E-state index in [1.807, 2.05) is 0 Å². The second kappa shape index (κ2) is 5.81. The molecule has 2 aromatic rings. The lowest BCUT2D eigenvalue weighted by Gasteiger charge is -2.09. The topological polar surface area (TPSA) is 99.8 Å². The molecule has 0 aliphatic carbocycles. The van der Waals surface area contributed by atoms with Crippen LogP contribution in [0.25, 0.3) is 0 Å². The summed E-state index contributed by atoms with van der Waals surface area (Å²) in [6.07, 6.45) is 5.36. The minimum Gasteiger partial charge on any atom is -0.372 e. The summed E-state index contributed by atoms with van der Waals surface area (Å²) in [6, 6.07) is 3.09. The van der Waals surface area contributed by atoms with Crippen molar-refractivity contribution in [2.24, 2.45) is 0 Å². The number of nitrogens with zero attached hydrogens (tertiary/aromatic N) is 2. The van der Waals surface area contributed by atoms with E-state index in [0.717, 1.165) is 5.82 Å². The largest absolute Gasteiger partial charge is 0.372 e. The normalized spacial score (nSPS) is 11.4. The van der Waals surface area contributed by atoms with Crippen LogP contribution in [0.5, 0.6) is 0 Å². The SMILES string of the molecule is CNc1ncccc1S(=O)(=O)NCCc1ncc[nH]1. The Morgan fingerprint density at radius 2 is 2.16 bits per heavy atom. The highest BCUT2D eigenvalue weighted by atomic mass is 32.2. The molecule has 0 aliphatic heterocycles. The predicted octanol–water partition coefficient (Wildman–Crippen LogP) is 0.367. The lowest BCUT2D eigenvalue weighted by Crippen LogP contribution is -2.27. The Bertz CT molecular complexity index is 624. The number of hydrogen-bond donors (Lipinski definition) is 3. The summed E-state index contributed by atoms with van der Waals surface area (Å²) in [5.74, 6) is 1.07. The summed E-state index contributed by atoms with van der Waals surface area (Å²) >= 11 is 0. The first-order valence-electron chi connectivity index (χ1n) is 5.74. The monoisotopic (exact) mass is 281 g/mol. The molecule has 7 nitrogen and oxygen atoms in total. The van der Waals surface area contributed by atoms with Crippen molar-refractivity contribution in [3.8, 4) is 0 Å². The zero-order chi connectivity index (χ0) is 13.7. The highest BCUT2D eigenvalue weighted by Gasteiger charge is 2.18. The van der Waals surface area contributed by atoms with Gasteiger partial charge >= 0.3 is 0 Å². The molecule has 2 heterocycles. The van der Waals surface area contributed by atoms with E-state index in [4.69, 9.17) is 0 Å². The zero-order valence-corrected chi connectivity index (χ0v) is 11.2. The highest BCUT2D eigenvalue weighted by Crippen LogP contribution is 2.16. The maximum absolute atomic E-state index is 12.1. The quantitative estimate of drug-likeness (QED) is 0.710. The van der Waals surface area contributed by atoms with E-state index >= 15 is 0 Å². The van der Waals surface area contributed by atoms with Gasteiger partial charge in [-0.1, -0.05) is 0 Å². The second-order valence-electron chi connectivity index (χ2n) is 3.78. The van der Waals surface area contributed by atoms with Crippen LogP contribution in [0.2, 0.25) is 0 Å².